The van der Waals surface area contributed by atoms with Gasteiger partial charge < -0.3 is 14.8 Å². The van der Waals surface area contributed by atoms with Gasteiger partial charge in [0.2, 0.25) is 0 Å². The molecule has 5 heteroatoms. The lowest BCUT2D eigenvalue weighted by Gasteiger charge is -2.14. The van der Waals surface area contributed by atoms with Crippen LogP contribution >= 0.6 is 24.0 Å². The fourth-order valence-electron chi connectivity index (χ4n) is 0.615. The molecule has 0 aliphatic heterocycles. The summed E-state index contributed by atoms with van der Waals surface area (Å²) in [4.78, 5) is 0. The van der Waals surface area contributed by atoms with E-state index < -0.39 is 0 Å². The van der Waals surface area contributed by atoms with E-state index in [1.165, 1.54) is 11.8 Å². The minimum Gasteiger partial charge on any atom is -0.366 e. The third kappa shape index (κ3) is 7.01. The van der Waals surface area contributed by atoms with Crippen LogP contribution in [0, 0.1) is 0 Å². The second-order valence-electron chi connectivity index (χ2n) is 2.17. The molecular weight excluding hydrogens is 206 g/mol. The highest BCUT2D eigenvalue weighted by molar-refractivity contribution is 8.23. The van der Waals surface area contributed by atoms with Crippen molar-refractivity contribution < 1.29 is 9.47 Å². The molecule has 0 saturated heterocycles. The van der Waals surface area contributed by atoms with Crippen LogP contribution in [-0.2, 0) is 9.47 Å². The van der Waals surface area contributed by atoms with Crippen molar-refractivity contribution in [3.63, 3.8) is 0 Å². The summed E-state index contributed by atoms with van der Waals surface area (Å²) < 4.78 is 10.7. The van der Waals surface area contributed by atoms with Crippen LogP contribution < -0.4 is 5.32 Å². The van der Waals surface area contributed by atoms with Gasteiger partial charge in [-0.05, 0) is 0 Å². The first-order valence-electron chi connectivity index (χ1n) is 3.81. The summed E-state index contributed by atoms with van der Waals surface area (Å²) >= 11 is 6.56. The molecule has 0 aliphatic carbocycles. The van der Waals surface area contributed by atoms with Crippen LogP contribution in [0.5, 0.6) is 0 Å². The van der Waals surface area contributed by atoms with Crippen LogP contribution in [0.3, 0.4) is 0 Å². The van der Waals surface area contributed by atoms with Crippen LogP contribution in [0.1, 0.15) is 0 Å². The van der Waals surface area contributed by atoms with Crippen molar-refractivity contribution in [3.05, 3.63) is 12.7 Å². The summed E-state index contributed by atoms with van der Waals surface area (Å²) in [6.45, 7) is 4.17. The zero-order valence-electron chi connectivity index (χ0n) is 7.91. The monoisotopic (exact) mass is 221 g/mol. The molecule has 0 unspecified atom stereocenters. The van der Waals surface area contributed by atoms with Crippen LogP contribution in [0.25, 0.3) is 0 Å². The lowest BCUT2D eigenvalue weighted by Crippen LogP contribution is -2.31. The van der Waals surface area contributed by atoms with Crippen molar-refractivity contribution in [2.45, 2.75) is 6.29 Å². The summed E-state index contributed by atoms with van der Waals surface area (Å²) in [5.74, 6) is 0.816. The number of nitrogens with one attached hydrogen (secondary N) is 1. The predicted octanol–water partition coefficient (Wildman–Crippen LogP) is 1.40. The Labute approximate surface area is 88.9 Å². The topological polar surface area (TPSA) is 30.5 Å². The van der Waals surface area contributed by atoms with Crippen molar-refractivity contribution in [1.29, 1.82) is 0 Å². The zero-order chi connectivity index (χ0) is 10.1. The first-order valence-corrected chi connectivity index (χ1v) is 5.21. The standard InChI is InChI=1S/C8H15NO2S2/c1-4-5-13-8(12)9-6-7(10-2)11-3/h4,7H,1,5-6H2,2-3H3,(H,9,12). The maximum absolute atomic E-state index is 5.03. The van der Waals surface area contributed by atoms with Crippen LogP contribution in [0.15, 0.2) is 12.7 Å². The number of ether oxygens (including phenoxy) is 2. The summed E-state index contributed by atoms with van der Waals surface area (Å²) in [5, 5.41) is 3.02. The van der Waals surface area contributed by atoms with Crippen LogP contribution in [0.4, 0.5) is 0 Å². The molecule has 0 amide bonds. The summed E-state index contributed by atoms with van der Waals surface area (Å²) in [6, 6.07) is 0. The summed E-state index contributed by atoms with van der Waals surface area (Å²) in [6.07, 6.45) is 1.56. The molecule has 13 heavy (non-hydrogen) atoms. The molecule has 0 spiro atoms. The van der Waals surface area contributed by atoms with E-state index in [0.717, 1.165) is 10.1 Å². The number of methoxy groups -OCH3 is 2. The molecule has 3 nitrogen and oxygen atoms in total. The molecule has 0 radical (unpaired) electrons. The van der Waals surface area contributed by atoms with Gasteiger partial charge in [-0.15, -0.1) is 6.58 Å². The van der Waals surface area contributed by atoms with Crippen molar-refractivity contribution in [1.82, 2.24) is 5.32 Å². The zero-order valence-corrected chi connectivity index (χ0v) is 9.54. The Balaban J connectivity index is 3.49. The minimum atomic E-state index is -0.248. The van der Waals surface area contributed by atoms with Gasteiger partial charge in [-0.25, -0.2) is 0 Å². The first kappa shape index (κ1) is 12.9. The number of rotatable bonds is 6. The van der Waals surface area contributed by atoms with Gasteiger partial charge in [0.25, 0.3) is 0 Å². The molecule has 0 heterocycles. The van der Waals surface area contributed by atoms with E-state index in [-0.39, 0.29) is 6.29 Å². The minimum absolute atomic E-state index is 0.248. The van der Waals surface area contributed by atoms with Gasteiger partial charge in [0.05, 0.1) is 6.54 Å². The Kier molecular flexibility index (Phi) is 8.43. The van der Waals surface area contributed by atoms with Crippen molar-refractivity contribution in [2.75, 3.05) is 26.5 Å². The average molecular weight is 221 g/mol. The van der Waals surface area contributed by atoms with Crippen LogP contribution in [-0.4, -0.2) is 37.1 Å². The molecule has 0 aromatic carbocycles. The van der Waals surface area contributed by atoms with Gasteiger partial charge in [0.1, 0.15) is 4.32 Å². The van der Waals surface area contributed by atoms with Crippen LogP contribution in [0.2, 0.25) is 0 Å². The highest BCUT2D eigenvalue weighted by Crippen LogP contribution is 2.01. The second kappa shape index (κ2) is 8.50. The fourth-order valence-corrected chi connectivity index (χ4v) is 1.36. The maximum atomic E-state index is 5.03. The third-order valence-corrected chi connectivity index (χ3v) is 2.58. The number of thiocarbonyl (C=S) groups is 1. The van der Waals surface area contributed by atoms with E-state index >= 15 is 0 Å². The van der Waals surface area contributed by atoms with E-state index in [2.05, 4.69) is 11.9 Å². The van der Waals surface area contributed by atoms with Gasteiger partial charge in [-0.1, -0.05) is 30.1 Å². The lowest BCUT2D eigenvalue weighted by atomic mass is 10.6. The SMILES string of the molecule is C=CCSC(=S)NCC(OC)OC. The highest BCUT2D eigenvalue weighted by Gasteiger charge is 2.04. The lowest BCUT2D eigenvalue weighted by molar-refractivity contribution is -0.0963. The van der Waals surface area contributed by atoms with E-state index in [9.17, 15) is 0 Å². The van der Waals surface area contributed by atoms with E-state index in [1.807, 2.05) is 6.08 Å². The Bertz CT molecular complexity index is 160. The van der Waals surface area contributed by atoms with Crippen molar-refractivity contribution >= 4 is 28.3 Å². The van der Waals surface area contributed by atoms with E-state index in [4.69, 9.17) is 21.7 Å². The molecule has 0 atom stereocenters. The average Bonchev–Trinajstić information content (AvgIpc) is 2.16. The molecule has 0 aromatic heterocycles. The Morgan fingerprint density at radius 1 is 1.62 bits per heavy atom. The predicted molar refractivity (Wildman–Crippen MR) is 61.1 cm³/mol. The molecule has 0 rings (SSSR count). The van der Waals surface area contributed by atoms with Crippen molar-refractivity contribution in [3.8, 4) is 0 Å². The smallest absolute Gasteiger partial charge is 0.173 e. The number of hydrogen-bond acceptors (Lipinski definition) is 4. The largest absolute Gasteiger partial charge is 0.366 e. The van der Waals surface area contributed by atoms with E-state index in [0.29, 0.717) is 6.54 Å². The number of thioether (sulfide) groups is 1. The second-order valence-corrected chi connectivity index (χ2v) is 3.87. The number of hydrogen-bond donors (Lipinski definition) is 1. The van der Waals surface area contributed by atoms with Crippen molar-refractivity contribution in [2.24, 2.45) is 0 Å². The fraction of sp³-hybridized carbons (Fsp3) is 0.625. The van der Waals surface area contributed by atoms with Gasteiger partial charge in [0, 0.05) is 20.0 Å². The molecular formula is C8H15NO2S2. The molecule has 0 bridgehead atoms. The molecule has 0 fully saturated rings. The quantitative estimate of drug-likeness (QED) is 0.416. The summed E-state index contributed by atoms with van der Waals surface area (Å²) in [5.41, 5.74) is 0. The molecule has 76 valence electrons. The highest BCUT2D eigenvalue weighted by atomic mass is 32.2. The Morgan fingerprint density at radius 3 is 2.69 bits per heavy atom. The Morgan fingerprint density at radius 2 is 2.23 bits per heavy atom. The maximum Gasteiger partial charge on any atom is 0.173 e. The normalized spacial score (nSPS) is 10.1. The molecule has 1 N–H and O–H groups in total. The summed E-state index contributed by atoms with van der Waals surface area (Å²) in [7, 11) is 3.19. The third-order valence-electron chi connectivity index (χ3n) is 1.27. The molecule has 0 aliphatic rings. The first-order chi connectivity index (χ1) is 6.24. The van der Waals surface area contributed by atoms with Gasteiger partial charge in [0.15, 0.2) is 6.29 Å². The Hall–Kier alpha value is -0.100. The molecule has 0 saturated carbocycles. The van der Waals surface area contributed by atoms with Gasteiger partial charge in [-0.2, -0.15) is 0 Å². The van der Waals surface area contributed by atoms with Gasteiger partial charge in [-0.3, -0.25) is 0 Å². The molecule has 0 aromatic rings. The van der Waals surface area contributed by atoms with Gasteiger partial charge >= 0.3 is 0 Å². The van der Waals surface area contributed by atoms with E-state index in [1.54, 1.807) is 14.2 Å².